The van der Waals surface area contributed by atoms with Crippen LogP contribution in [0.2, 0.25) is 0 Å². The van der Waals surface area contributed by atoms with Crippen molar-refractivity contribution in [2.45, 2.75) is 97.4 Å². The quantitative estimate of drug-likeness (QED) is 0.0465. The van der Waals surface area contributed by atoms with Crippen molar-refractivity contribution >= 4 is 59.1 Å². The molecule has 5 atom stereocenters. The Morgan fingerprint density at radius 3 is 1.71 bits per heavy atom. The standard InChI is InChI=1S/C38H57N9O11/c1-20(2)16-25(36(55)47-33(22(5)6)37(56)46-32(21(3)4)34(40)53)45-35(54)24(12-13-27(39)48)43-29(50)15-14-28(49)41-18-30(51)42-19-31(52)44-26(38(57)58)17-23-10-8-7-9-11-23/h7-11,14-15,20-22,24-26,32-33H,12-13,16-19H2,1-6H3,(H2,39,48)(H2,40,53)(H,41,49)(H,42,51)(H,43,50)(H,44,52)(H,45,54)(H,46,56)(H,47,55)(H,57,58)/b15-14+/t24-,25-,26-,32-,33-/m0/s1. The fraction of sp³-hybridized carbons (Fsp3) is 0.526. The highest BCUT2D eigenvalue weighted by atomic mass is 16.4. The summed E-state index contributed by atoms with van der Waals surface area (Å²) in [6, 6.07) is 2.61. The van der Waals surface area contributed by atoms with E-state index in [9.17, 15) is 53.1 Å². The van der Waals surface area contributed by atoms with Gasteiger partial charge >= 0.3 is 5.97 Å². The molecule has 0 radical (unpaired) electrons. The number of carbonyl (C=O) groups excluding carboxylic acids is 9. The van der Waals surface area contributed by atoms with Gasteiger partial charge in [0.25, 0.3) is 0 Å². The first-order valence-corrected chi connectivity index (χ1v) is 18.7. The maximum absolute atomic E-state index is 13.5. The lowest BCUT2D eigenvalue weighted by Gasteiger charge is -2.29. The van der Waals surface area contributed by atoms with E-state index in [1.807, 2.05) is 0 Å². The number of nitrogens with two attached hydrogens (primary N) is 2. The van der Waals surface area contributed by atoms with E-state index in [4.69, 9.17) is 11.5 Å². The Balaban J connectivity index is 2.87. The highest BCUT2D eigenvalue weighted by Gasteiger charge is 2.33. The largest absolute Gasteiger partial charge is 0.480 e. The van der Waals surface area contributed by atoms with E-state index in [0.29, 0.717) is 5.56 Å². The lowest BCUT2D eigenvalue weighted by atomic mass is 9.98. The Labute approximate surface area is 336 Å². The highest BCUT2D eigenvalue weighted by Crippen LogP contribution is 2.11. The molecule has 0 aliphatic heterocycles. The van der Waals surface area contributed by atoms with Crippen LogP contribution in [-0.2, 0) is 54.4 Å². The summed E-state index contributed by atoms with van der Waals surface area (Å²) >= 11 is 0. The minimum Gasteiger partial charge on any atom is -0.480 e. The van der Waals surface area contributed by atoms with E-state index in [-0.39, 0.29) is 37.5 Å². The maximum Gasteiger partial charge on any atom is 0.326 e. The molecule has 0 saturated heterocycles. The van der Waals surface area contributed by atoms with Gasteiger partial charge in [-0.05, 0) is 36.2 Å². The molecule has 320 valence electrons. The zero-order valence-corrected chi connectivity index (χ0v) is 33.6. The summed E-state index contributed by atoms with van der Waals surface area (Å²) in [5, 5.41) is 26.3. The second kappa shape index (κ2) is 25.0. The van der Waals surface area contributed by atoms with Crippen LogP contribution >= 0.6 is 0 Å². The first kappa shape index (κ1) is 49.7. The van der Waals surface area contributed by atoms with Gasteiger partial charge < -0.3 is 53.8 Å². The average Bonchev–Trinajstić information content (AvgIpc) is 3.13. The van der Waals surface area contributed by atoms with Crippen LogP contribution < -0.4 is 48.7 Å². The summed E-state index contributed by atoms with van der Waals surface area (Å²) in [7, 11) is 0. The van der Waals surface area contributed by atoms with Gasteiger partial charge in [0, 0.05) is 25.0 Å². The Kier molecular flexibility index (Phi) is 21.4. The van der Waals surface area contributed by atoms with E-state index in [1.165, 1.54) is 0 Å². The number of carbonyl (C=O) groups is 10. The molecule has 0 aliphatic carbocycles. The SMILES string of the molecule is CC(C)C[C@H](NC(=O)[C@H](CCC(N)=O)NC(=O)/C=C/C(=O)NCC(=O)NCC(=O)N[C@@H](Cc1ccccc1)C(=O)O)C(=O)N[C@H](C(=O)N[C@H](C(N)=O)C(C)C)C(C)C. The van der Waals surface area contributed by atoms with Crippen LogP contribution in [0.4, 0.5) is 0 Å². The van der Waals surface area contributed by atoms with Gasteiger partial charge in [0.05, 0.1) is 13.1 Å². The van der Waals surface area contributed by atoms with Crippen LogP contribution in [0.15, 0.2) is 42.5 Å². The molecular weight excluding hydrogens is 758 g/mol. The molecule has 0 spiro atoms. The molecular formula is C38H57N9O11. The van der Waals surface area contributed by atoms with Crippen LogP contribution in [0.1, 0.15) is 66.4 Å². The van der Waals surface area contributed by atoms with Gasteiger partial charge in [-0.25, -0.2) is 4.79 Å². The number of primary amides is 2. The molecule has 0 saturated carbocycles. The van der Waals surface area contributed by atoms with E-state index in [1.54, 1.807) is 71.9 Å². The molecule has 1 aromatic carbocycles. The van der Waals surface area contributed by atoms with Gasteiger partial charge in [-0.3, -0.25) is 43.2 Å². The normalized spacial score (nSPS) is 13.7. The lowest BCUT2D eigenvalue weighted by Crippen LogP contribution is -2.60. The molecule has 1 rings (SSSR count). The van der Waals surface area contributed by atoms with Crippen molar-refractivity contribution in [1.82, 2.24) is 37.2 Å². The topological polar surface area (TPSA) is 327 Å². The lowest BCUT2D eigenvalue weighted by molar-refractivity contribution is -0.141. The van der Waals surface area contributed by atoms with Crippen molar-refractivity contribution in [3.8, 4) is 0 Å². The Hall–Kier alpha value is -6.34. The van der Waals surface area contributed by atoms with Gasteiger partial charge in [0.1, 0.15) is 30.2 Å². The third-order valence-corrected chi connectivity index (χ3v) is 8.34. The molecule has 20 heteroatoms. The van der Waals surface area contributed by atoms with Gasteiger partial charge in [0.15, 0.2) is 0 Å². The minimum atomic E-state index is -1.41. The number of amides is 9. The first-order chi connectivity index (χ1) is 27.1. The van der Waals surface area contributed by atoms with Crippen LogP contribution in [0.3, 0.4) is 0 Å². The molecule has 20 nitrogen and oxygen atoms in total. The molecule has 58 heavy (non-hydrogen) atoms. The van der Waals surface area contributed by atoms with Crippen molar-refractivity contribution < 1.29 is 53.1 Å². The number of nitrogens with one attached hydrogen (secondary N) is 7. The minimum absolute atomic E-state index is 0.0131. The average molecular weight is 816 g/mol. The van der Waals surface area contributed by atoms with E-state index >= 15 is 0 Å². The predicted octanol–water partition coefficient (Wildman–Crippen LogP) is -2.36. The van der Waals surface area contributed by atoms with Crippen LogP contribution in [0, 0.1) is 17.8 Å². The number of carboxylic acids is 1. The zero-order chi connectivity index (χ0) is 44.1. The summed E-state index contributed by atoms with van der Waals surface area (Å²) in [6.07, 6.45) is 1.01. The van der Waals surface area contributed by atoms with Crippen LogP contribution in [0.25, 0.3) is 0 Å². The monoisotopic (exact) mass is 815 g/mol. The van der Waals surface area contributed by atoms with Crippen LogP contribution in [0.5, 0.6) is 0 Å². The van der Waals surface area contributed by atoms with Crippen molar-refractivity contribution in [3.63, 3.8) is 0 Å². The molecule has 0 bridgehead atoms. The van der Waals surface area contributed by atoms with Crippen molar-refractivity contribution in [3.05, 3.63) is 48.0 Å². The number of carboxylic acid groups (broad SMARTS) is 1. The Morgan fingerprint density at radius 2 is 1.17 bits per heavy atom. The summed E-state index contributed by atoms with van der Waals surface area (Å²) in [5.41, 5.74) is 11.4. The molecule has 0 heterocycles. The van der Waals surface area contributed by atoms with Gasteiger partial charge in [-0.1, -0.05) is 71.9 Å². The fourth-order valence-electron chi connectivity index (χ4n) is 5.26. The molecule has 0 fully saturated rings. The number of benzene rings is 1. The molecule has 0 aromatic heterocycles. The predicted molar refractivity (Wildman–Crippen MR) is 209 cm³/mol. The molecule has 0 aliphatic rings. The van der Waals surface area contributed by atoms with E-state index in [2.05, 4.69) is 37.2 Å². The molecule has 12 N–H and O–H groups in total. The summed E-state index contributed by atoms with van der Waals surface area (Å²) in [4.78, 5) is 125. The number of rotatable bonds is 25. The number of hydrogen-bond acceptors (Lipinski definition) is 10. The third kappa shape index (κ3) is 19.5. The molecule has 0 unspecified atom stereocenters. The third-order valence-electron chi connectivity index (χ3n) is 8.34. The van der Waals surface area contributed by atoms with Gasteiger partial charge in [-0.15, -0.1) is 0 Å². The summed E-state index contributed by atoms with van der Waals surface area (Å²) < 4.78 is 0. The van der Waals surface area contributed by atoms with E-state index in [0.717, 1.165) is 12.2 Å². The fourth-order valence-corrected chi connectivity index (χ4v) is 5.26. The smallest absolute Gasteiger partial charge is 0.326 e. The summed E-state index contributed by atoms with van der Waals surface area (Å²) in [6.45, 7) is 9.09. The Bertz CT molecular complexity index is 1670. The number of hydrogen-bond donors (Lipinski definition) is 10. The van der Waals surface area contributed by atoms with E-state index < -0.39 is 108 Å². The zero-order valence-electron chi connectivity index (χ0n) is 33.6. The Morgan fingerprint density at radius 1 is 0.621 bits per heavy atom. The first-order valence-electron chi connectivity index (χ1n) is 18.7. The second-order valence-corrected chi connectivity index (χ2v) is 14.6. The van der Waals surface area contributed by atoms with Crippen LogP contribution in [-0.4, -0.2) is 108 Å². The van der Waals surface area contributed by atoms with Crippen molar-refractivity contribution in [1.29, 1.82) is 0 Å². The molecule has 9 amide bonds. The summed E-state index contributed by atoms with van der Waals surface area (Å²) in [5.74, 6) is -9.45. The second-order valence-electron chi connectivity index (χ2n) is 14.6. The maximum atomic E-state index is 13.5. The number of aliphatic carboxylic acids is 1. The molecule has 1 aromatic rings. The highest BCUT2D eigenvalue weighted by molar-refractivity contribution is 6.00. The van der Waals surface area contributed by atoms with Gasteiger partial charge in [-0.2, -0.15) is 0 Å². The van der Waals surface area contributed by atoms with Crippen molar-refractivity contribution in [2.75, 3.05) is 13.1 Å². The van der Waals surface area contributed by atoms with Gasteiger partial charge in [0.2, 0.25) is 53.2 Å². The van der Waals surface area contributed by atoms with Crippen molar-refractivity contribution in [2.24, 2.45) is 29.2 Å².